The normalized spacial score (nSPS) is 18.1. The molecule has 0 saturated carbocycles. The van der Waals surface area contributed by atoms with Crippen LogP contribution >= 0.6 is 0 Å². The summed E-state index contributed by atoms with van der Waals surface area (Å²) in [7, 11) is 1.34. The van der Waals surface area contributed by atoms with Crippen LogP contribution in [0.5, 0.6) is 0 Å². The van der Waals surface area contributed by atoms with Gasteiger partial charge in [-0.1, -0.05) is 48.5 Å². The molecule has 0 radical (unpaired) electrons. The van der Waals surface area contributed by atoms with Gasteiger partial charge >= 0.3 is 12.0 Å². The van der Waals surface area contributed by atoms with Crippen molar-refractivity contribution < 1.29 is 14.3 Å². The number of hydrogen-bond acceptors (Lipinski definition) is 3. The Bertz CT molecular complexity index is 784. The first-order valence-corrected chi connectivity index (χ1v) is 7.68. The number of benzene rings is 2. The molecule has 0 fully saturated rings. The highest BCUT2D eigenvalue weighted by Crippen LogP contribution is 2.30. The Morgan fingerprint density at radius 1 is 1.12 bits per heavy atom. The Morgan fingerprint density at radius 3 is 2.58 bits per heavy atom. The summed E-state index contributed by atoms with van der Waals surface area (Å²) in [4.78, 5) is 24.0. The molecular formula is C19H18N2O3. The highest BCUT2D eigenvalue weighted by atomic mass is 16.5. The number of hydrogen-bond donors (Lipinski definition) is 2. The van der Waals surface area contributed by atoms with Crippen molar-refractivity contribution in [2.45, 2.75) is 12.5 Å². The Balaban J connectivity index is 2.05. The van der Waals surface area contributed by atoms with Gasteiger partial charge in [0.25, 0.3) is 0 Å². The summed E-state index contributed by atoms with van der Waals surface area (Å²) >= 11 is 0. The maximum absolute atomic E-state index is 12.2. The van der Waals surface area contributed by atoms with Gasteiger partial charge in [0, 0.05) is 17.3 Å². The first-order chi connectivity index (χ1) is 11.7. The average Bonchev–Trinajstić information content (AvgIpc) is 2.72. The molecule has 1 aliphatic rings. The van der Waals surface area contributed by atoms with Gasteiger partial charge in [0.1, 0.15) is 0 Å². The number of carbonyl (C=O) groups excluding carboxylic acids is 2. The second-order valence-corrected chi connectivity index (χ2v) is 5.51. The third-order valence-electron chi connectivity index (χ3n) is 3.92. The standard InChI is InChI=1S/C19H18N2O3/c1-24-18(22)12-15-14-9-5-6-10-16(14)20-19(23)21-17(15)11-13-7-3-2-4-8-13/h2-10,12,17H,11H2,1H3,(H2,20,21,23)/b15-12+/t17-/m1/s1. The number of esters is 1. The zero-order chi connectivity index (χ0) is 16.9. The van der Waals surface area contributed by atoms with E-state index in [1.54, 1.807) is 0 Å². The molecule has 1 aliphatic heterocycles. The van der Waals surface area contributed by atoms with Gasteiger partial charge in [-0.2, -0.15) is 0 Å². The zero-order valence-corrected chi connectivity index (χ0v) is 13.3. The van der Waals surface area contributed by atoms with E-state index < -0.39 is 5.97 Å². The Morgan fingerprint density at radius 2 is 1.83 bits per heavy atom. The van der Waals surface area contributed by atoms with Crippen LogP contribution in [0.25, 0.3) is 5.57 Å². The lowest BCUT2D eigenvalue weighted by atomic mass is 9.92. The predicted octanol–water partition coefficient (Wildman–Crippen LogP) is 2.99. The maximum Gasteiger partial charge on any atom is 0.330 e. The number of ether oxygens (including phenoxy) is 1. The van der Waals surface area contributed by atoms with Gasteiger partial charge in [-0.3, -0.25) is 0 Å². The molecule has 0 saturated heterocycles. The van der Waals surface area contributed by atoms with Crippen molar-refractivity contribution >= 4 is 23.3 Å². The smallest absolute Gasteiger partial charge is 0.330 e. The van der Waals surface area contributed by atoms with Crippen LogP contribution in [-0.2, 0) is 16.0 Å². The number of anilines is 1. The number of nitrogens with one attached hydrogen (secondary N) is 2. The van der Waals surface area contributed by atoms with Gasteiger partial charge < -0.3 is 15.4 Å². The van der Waals surface area contributed by atoms with Crippen LogP contribution in [0.4, 0.5) is 10.5 Å². The van der Waals surface area contributed by atoms with Crippen molar-refractivity contribution in [1.29, 1.82) is 0 Å². The van der Waals surface area contributed by atoms with Crippen molar-refractivity contribution in [3.05, 3.63) is 71.8 Å². The zero-order valence-electron chi connectivity index (χ0n) is 13.3. The molecule has 0 bridgehead atoms. The number of rotatable bonds is 3. The molecule has 3 rings (SSSR count). The fraction of sp³-hybridized carbons (Fsp3) is 0.158. The average molecular weight is 322 g/mol. The van der Waals surface area contributed by atoms with E-state index in [1.165, 1.54) is 13.2 Å². The molecular weight excluding hydrogens is 304 g/mol. The molecule has 0 aromatic heterocycles. The van der Waals surface area contributed by atoms with Crippen molar-refractivity contribution in [1.82, 2.24) is 5.32 Å². The molecule has 24 heavy (non-hydrogen) atoms. The largest absolute Gasteiger partial charge is 0.466 e. The van der Waals surface area contributed by atoms with Crippen LogP contribution in [0.15, 0.2) is 60.7 Å². The number of para-hydroxylation sites is 1. The van der Waals surface area contributed by atoms with Crippen molar-refractivity contribution in [2.24, 2.45) is 0 Å². The summed E-state index contributed by atoms with van der Waals surface area (Å²) in [6.45, 7) is 0. The number of amides is 2. The number of fused-ring (bicyclic) bond motifs is 1. The van der Waals surface area contributed by atoms with Crippen molar-refractivity contribution in [3.63, 3.8) is 0 Å². The lowest BCUT2D eigenvalue weighted by Crippen LogP contribution is -2.38. The van der Waals surface area contributed by atoms with Crippen LogP contribution in [-0.4, -0.2) is 25.2 Å². The molecule has 2 aromatic rings. The number of methoxy groups -OCH3 is 1. The lowest BCUT2D eigenvalue weighted by molar-refractivity contribution is -0.134. The first-order valence-electron chi connectivity index (χ1n) is 7.68. The van der Waals surface area contributed by atoms with Gasteiger partial charge in [-0.15, -0.1) is 0 Å². The fourth-order valence-corrected chi connectivity index (χ4v) is 2.80. The Kier molecular flexibility index (Phi) is 4.61. The lowest BCUT2D eigenvalue weighted by Gasteiger charge is -2.19. The van der Waals surface area contributed by atoms with E-state index in [2.05, 4.69) is 10.6 Å². The van der Waals surface area contributed by atoms with E-state index in [0.29, 0.717) is 12.1 Å². The quantitative estimate of drug-likeness (QED) is 0.674. The second-order valence-electron chi connectivity index (χ2n) is 5.51. The molecule has 5 heteroatoms. The minimum atomic E-state index is -0.450. The molecule has 2 aromatic carbocycles. The van der Waals surface area contributed by atoms with Gasteiger partial charge in [-0.25, -0.2) is 9.59 Å². The monoisotopic (exact) mass is 322 g/mol. The molecule has 0 aliphatic carbocycles. The van der Waals surface area contributed by atoms with E-state index in [9.17, 15) is 9.59 Å². The summed E-state index contributed by atoms with van der Waals surface area (Å²) in [6.07, 6.45) is 2.02. The molecule has 0 spiro atoms. The van der Waals surface area contributed by atoms with Crippen molar-refractivity contribution in [2.75, 3.05) is 12.4 Å². The van der Waals surface area contributed by atoms with Gasteiger partial charge in [0.05, 0.1) is 13.2 Å². The molecule has 5 nitrogen and oxygen atoms in total. The third-order valence-corrected chi connectivity index (χ3v) is 3.92. The highest BCUT2D eigenvalue weighted by Gasteiger charge is 2.26. The first kappa shape index (κ1) is 15.8. The summed E-state index contributed by atoms with van der Waals surface area (Å²) in [5.74, 6) is -0.450. The highest BCUT2D eigenvalue weighted by molar-refractivity contribution is 6.01. The minimum absolute atomic E-state index is 0.295. The van der Waals surface area contributed by atoms with Crippen molar-refractivity contribution in [3.8, 4) is 0 Å². The van der Waals surface area contributed by atoms with Crippen LogP contribution in [0.2, 0.25) is 0 Å². The van der Waals surface area contributed by atoms with Gasteiger partial charge in [0.15, 0.2) is 0 Å². The number of urea groups is 1. The van der Waals surface area contributed by atoms with Gasteiger partial charge in [-0.05, 0) is 23.6 Å². The third kappa shape index (κ3) is 3.46. The van der Waals surface area contributed by atoms with E-state index in [4.69, 9.17) is 4.74 Å². The van der Waals surface area contributed by atoms with E-state index in [0.717, 1.165) is 16.7 Å². The molecule has 1 atom stereocenters. The van der Waals surface area contributed by atoms with Gasteiger partial charge in [0.2, 0.25) is 0 Å². The second kappa shape index (κ2) is 7.00. The molecule has 1 heterocycles. The Hall–Kier alpha value is -3.08. The van der Waals surface area contributed by atoms with Crippen LogP contribution in [0.1, 0.15) is 11.1 Å². The summed E-state index contributed by atoms with van der Waals surface area (Å²) in [5.41, 5.74) is 3.26. The van der Waals surface area contributed by atoms with E-state index in [-0.39, 0.29) is 12.1 Å². The summed E-state index contributed by atoms with van der Waals surface area (Å²) in [6, 6.07) is 16.6. The van der Waals surface area contributed by atoms with Crippen LogP contribution < -0.4 is 10.6 Å². The molecule has 122 valence electrons. The minimum Gasteiger partial charge on any atom is -0.466 e. The molecule has 2 N–H and O–H groups in total. The predicted molar refractivity (Wildman–Crippen MR) is 92.5 cm³/mol. The summed E-state index contributed by atoms with van der Waals surface area (Å²) < 4.78 is 4.79. The van der Waals surface area contributed by atoms with E-state index in [1.807, 2.05) is 54.6 Å². The maximum atomic E-state index is 12.2. The fourth-order valence-electron chi connectivity index (χ4n) is 2.80. The summed E-state index contributed by atoms with van der Waals surface area (Å²) in [5, 5.41) is 5.74. The molecule has 2 amide bonds. The SMILES string of the molecule is COC(=O)/C=C1\c2ccccc2NC(=O)N[C@@H]1Cc1ccccc1. The topological polar surface area (TPSA) is 67.4 Å². The van der Waals surface area contributed by atoms with Crippen LogP contribution in [0, 0.1) is 0 Å². The Labute approximate surface area is 140 Å². The number of carbonyl (C=O) groups is 2. The molecule has 0 unspecified atom stereocenters. The van der Waals surface area contributed by atoms with Crippen LogP contribution in [0.3, 0.4) is 0 Å². The van der Waals surface area contributed by atoms with E-state index >= 15 is 0 Å².